The van der Waals surface area contributed by atoms with Crippen LogP contribution in [0.4, 0.5) is 0 Å². The fourth-order valence-corrected chi connectivity index (χ4v) is 11.3. The van der Waals surface area contributed by atoms with E-state index in [0.29, 0.717) is 0 Å². The van der Waals surface area contributed by atoms with Crippen LogP contribution >= 0.6 is 0 Å². The van der Waals surface area contributed by atoms with Gasteiger partial charge in [0.2, 0.25) is 0 Å². The van der Waals surface area contributed by atoms with Crippen LogP contribution in [0.25, 0.3) is 106 Å². The van der Waals surface area contributed by atoms with Crippen molar-refractivity contribution in [2.45, 2.75) is 38.5 Å². The Morgan fingerprint density at radius 3 is 1.60 bits per heavy atom. The van der Waals surface area contributed by atoms with Crippen LogP contribution in [-0.2, 0) is 10.8 Å². The number of para-hydroxylation sites is 2. The number of nitrogens with zero attached hydrogens (tertiary/aromatic N) is 3. The molecule has 0 unspecified atom stereocenters. The predicted molar refractivity (Wildman–Crippen MR) is 271 cm³/mol. The molecule has 0 N–H and O–H groups in total. The Balaban J connectivity index is 1.03. The second-order valence-electron chi connectivity index (χ2n) is 19.0. The van der Waals surface area contributed by atoms with Gasteiger partial charge in [0.15, 0.2) is 0 Å². The molecule has 2 heterocycles. The maximum atomic E-state index is 5.65. The summed E-state index contributed by atoms with van der Waals surface area (Å²) >= 11 is 0. The Bertz CT molecular complexity index is 3760. The van der Waals surface area contributed by atoms with Gasteiger partial charge in [-0.25, -0.2) is 9.97 Å². The van der Waals surface area contributed by atoms with E-state index in [1.165, 1.54) is 61.0 Å². The van der Waals surface area contributed by atoms with Crippen molar-refractivity contribution in [2.24, 2.45) is 0 Å². The molecule has 0 fully saturated rings. The lowest BCUT2D eigenvalue weighted by Crippen LogP contribution is -2.15. The highest BCUT2D eigenvalue weighted by Crippen LogP contribution is 2.52. The minimum atomic E-state index is -0.124. The number of benzene rings is 9. The molecule has 9 aromatic carbocycles. The van der Waals surface area contributed by atoms with E-state index in [1.807, 2.05) is 0 Å². The van der Waals surface area contributed by atoms with Crippen LogP contribution in [0.5, 0.6) is 0 Å². The summed E-state index contributed by atoms with van der Waals surface area (Å²) in [4.78, 5) is 10.8. The summed E-state index contributed by atoms with van der Waals surface area (Å²) in [5, 5.41) is 3.48. The highest BCUT2D eigenvalue weighted by molar-refractivity contribution is 6.16. The maximum absolute atomic E-state index is 5.65. The van der Waals surface area contributed by atoms with Crippen molar-refractivity contribution in [2.75, 3.05) is 0 Å². The van der Waals surface area contributed by atoms with Gasteiger partial charge in [-0.3, -0.25) is 4.57 Å². The minimum Gasteiger partial charge on any atom is -0.292 e. The third-order valence-corrected chi connectivity index (χ3v) is 14.6. The summed E-state index contributed by atoms with van der Waals surface area (Å²) in [5.74, 6) is 0.926. The summed E-state index contributed by atoms with van der Waals surface area (Å²) in [6.07, 6.45) is 0. The van der Waals surface area contributed by atoms with E-state index in [1.54, 1.807) is 0 Å². The second-order valence-corrected chi connectivity index (χ2v) is 19.0. The van der Waals surface area contributed by atoms with E-state index in [2.05, 4.69) is 232 Å². The van der Waals surface area contributed by atoms with Crippen LogP contribution in [-0.4, -0.2) is 14.5 Å². The molecular weight excluding hydrogens is 787 g/mol. The SMILES string of the molecule is CC1(C)c2ccccc2-c2ccc(-c3cc(-c4ccc(-n5c(-c6ccccc6)nc6ccccc65)cc4)c4cc(-c5ccc6c(c5)C(C)(C)c5ccccc5-6)c5ccccc5c4n3)cc21. The standard InChI is InChI=1S/C62H45N3/c1-61(2)52-22-12-10-19-44(52)46-32-28-40(34-54(46)61)49-36-51-50(38-26-30-42(31-27-38)65-58-25-15-14-24-56(58)64-60(65)39-16-6-5-7-17-39)37-57(63-59(51)48-21-9-8-18-43(48)49)41-29-33-47-45-20-11-13-23-53(45)62(3,4)55(47)35-41/h5-37H,1-4H3. The molecule has 3 heteroatoms. The van der Waals surface area contributed by atoms with Crippen molar-refractivity contribution in [3.8, 4) is 72.8 Å². The van der Waals surface area contributed by atoms with Gasteiger partial charge in [-0.1, -0.05) is 179 Å². The first-order valence-corrected chi connectivity index (χ1v) is 22.7. The van der Waals surface area contributed by atoms with Crippen LogP contribution in [0, 0.1) is 0 Å². The van der Waals surface area contributed by atoms with E-state index in [-0.39, 0.29) is 10.8 Å². The number of hydrogen-bond donors (Lipinski definition) is 0. The van der Waals surface area contributed by atoms with Gasteiger partial charge in [0, 0.05) is 38.4 Å². The zero-order valence-electron chi connectivity index (χ0n) is 36.9. The van der Waals surface area contributed by atoms with Crippen molar-refractivity contribution in [1.82, 2.24) is 14.5 Å². The number of hydrogen-bond acceptors (Lipinski definition) is 2. The maximum Gasteiger partial charge on any atom is 0.145 e. The molecule has 2 aromatic heterocycles. The summed E-state index contributed by atoms with van der Waals surface area (Å²) in [5.41, 5.74) is 22.5. The molecule has 65 heavy (non-hydrogen) atoms. The summed E-state index contributed by atoms with van der Waals surface area (Å²) in [6.45, 7) is 9.42. The van der Waals surface area contributed by atoms with E-state index < -0.39 is 0 Å². The predicted octanol–water partition coefficient (Wildman–Crippen LogP) is 16.0. The van der Waals surface area contributed by atoms with Gasteiger partial charge >= 0.3 is 0 Å². The Morgan fingerprint density at radius 2 is 0.892 bits per heavy atom. The lowest BCUT2D eigenvalue weighted by Gasteiger charge is -2.22. The molecule has 0 spiro atoms. The van der Waals surface area contributed by atoms with E-state index in [9.17, 15) is 0 Å². The van der Waals surface area contributed by atoms with Crippen LogP contribution in [0.15, 0.2) is 200 Å². The van der Waals surface area contributed by atoms with Crippen LogP contribution < -0.4 is 0 Å². The van der Waals surface area contributed by atoms with Gasteiger partial charge in [-0.2, -0.15) is 0 Å². The molecule has 11 aromatic rings. The number of imidazole rings is 1. The van der Waals surface area contributed by atoms with Crippen LogP contribution in [0.1, 0.15) is 49.9 Å². The molecule has 0 bridgehead atoms. The van der Waals surface area contributed by atoms with Crippen LogP contribution in [0.2, 0.25) is 0 Å². The first-order valence-electron chi connectivity index (χ1n) is 22.7. The highest BCUT2D eigenvalue weighted by Gasteiger charge is 2.37. The summed E-state index contributed by atoms with van der Waals surface area (Å²) in [7, 11) is 0. The fourth-order valence-electron chi connectivity index (χ4n) is 11.3. The lowest BCUT2D eigenvalue weighted by atomic mass is 9.81. The van der Waals surface area contributed by atoms with E-state index >= 15 is 0 Å². The largest absolute Gasteiger partial charge is 0.292 e. The number of aromatic nitrogens is 3. The molecule has 0 saturated carbocycles. The van der Waals surface area contributed by atoms with Crippen molar-refractivity contribution in [3.05, 3.63) is 222 Å². The lowest BCUT2D eigenvalue weighted by molar-refractivity contribution is 0.660. The fraction of sp³-hybridized carbons (Fsp3) is 0.0968. The van der Waals surface area contributed by atoms with Gasteiger partial charge in [-0.05, 0) is 121 Å². The summed E-state index contributed by atoms with van der Waals surface area (Å²) < 4.78 is 2.29. The van der Waals surface area contributed by atoms with Crippen molar-refractivity contribution < 1.29 is 0 Å². The molecule has 2 aliphatic carbocycles. The zero-order valence-corrected chi connectivity index (χ0v) is 36.9. The first kappa shape index (κ1) is 37.7. The number of fused-ring (bicyclic) bond motifs is 10. The minimum absolute atomic E-state index is 0.106. The smallest absolute Gasteiger partial charge is 0.145 e. The average Bonchev–Trinajstić information content (AvgIpc) is 3.93. The average molecular weight is 832 g/mol. The monoisotopic (exact) mass is 831 g/mol. The van der Waals surface area contributed by atoms with E-state index in [4.69, 9.17) is 9.97 Å². The van der Waals surface area contributed by atoms with Gasteiger partial charge < -0.3 is 0 Å². The Kier molecular flexibility index (Phi) is 8.00. The van der Waals surface area contributed by atoms with Gasteiger partial charge in [0.25, 0.3) is 0 Å². The normalized spacial score (nSPS) is 14.1. The van der Waals surface area contributed by atoms with Crippen molar-refractivity contribution >= 4 is 32.7 Å². The topological polar surface area (TPSA) is 30.7 Å². The molecular formula is C62H45N3. The molecule has 0 saturated heterocycles. The third-order valence-electron chi connectivity index (χ3n) is 14.6. The Hall–Kier alpha value is -7.88. The third kappa shape index (κ3) is 5.55. The van der Waals surface area contributed by atoms with E-state index in [0.717, 1.165) is 66.8 Å². The molecule has 3 nitrogen and oxygen atoms in total. The van der Waals surface area contributed by atoms with Gasteiger partial charge in [0.1, 0.15) is 5.82 Å². The molecule has 308 valence electrons. The quantitative estimate of drug-likeness (QED) is 0.162. The van der Waals surface area contributed by atoms with Gasteiger partial charge in [0.05, 0.1) is 22.2 Å². The highest BCUT2D eigenvalue weighted by atomic mass is 15.1. The zero-order chi connectivity index (χ0) is 43.6. The van der Waals surface area contributed by atoms with Crippen molar-refractivity contribution in [1.29, 1.82) is 0 Å². The number of pyridine rings is 1. The number of rotatable bonds is 5. The Morgan fingerprint density at radius 1 is 0.354 bits per heavy atom. The van der Waals surface area contributed by atoms with Crippen LogP contribution in [0.3, 0.4) is 0 Å². The molecule has 0 atom stereocenters. The second kappa shape index (κ2) is 13.8. The molecule has 13 rings (SSSR count). The first-order chi connectivity index (χ1) is 31.7. The molecule has 0 radical (unpaired) electrons. The summed E-state index contributed by atoms with van der Waals surface area (Å²) in [6, 6.07) is 73.4. The van der Waals surface area contributed by atoms with Crippen molar-refractivity contribution in [3.63, 3.8) is 0 Å². The van der Waals surface area contributed by atoms with Gasteiger partial charge in [-0.15, -0.1) is 0 Å². The molecule has 2 aliphatic rings. The Labute approximate surface area is 379 Å². The molecule has 0 amide bonds. The molecule has 0 aliphatic heterocycles.